The summed E-state index contributed by atoms with van der Waals surface area (Å²) >= 11 is 0. The number of aryl methyl sites for hydroxylation is 1. The monoisotopic (exact) mass is 231 g/mol. The smallest absolute Gasteiger partial charge is 0.328 e. The summed E-state index contributed by atoms with van der Waals surface area (Å²) in [6, 6.07) is 6.66. The van der Waals surface area contributed by atoms with Crippen LogP contribution in [0.3, 0.4) is 0 Å². The Morgan fingerprint density at radius 3 is 2.82 bits per heavy atom. The molecule has 0 aliphatic rings. The summed E-state index contributed by atoms with van der Waals surface area (Å²) in [5.74, 6) is -0.841. The highest BCUT2D eigenvalue weighted by Gasteiger charge is 2.18. The lowest BCUT2D eigenvalue weighted by molar-refractivity contribution is -0.138. The number of aromatic amines is 1. The zero-order valence-corrected chi connectivity index (χ0v) is 9.34. The third-order valence-electron chi connectivity index (χ3n) is 2.59. The molecule has 2 aromatic rings. The molecule has 0 saturated heterocycles. The highest BCUT2D eigenvalue weighted by atomic mass is 16.4. The molecule has 1 unspecified atom stereocenters. The molecule has 0 aliphatic carbocycles. The number of aliphatic carboxylic acids is 1. The molecule has 0 spiro atoms. The van der Waals surface area contributed by atoms with E-state index in [-0.39, 0.29) is 5.82 Å². The van der Waals surface area contributed by atoms with E-state index in [0.717, 1.165) is 16.8 Å². The van der Waals surface area contributed by atoms with Crippen LogP contribution in [0.2, 0.25) is 0 Å². The van der Waals surface area contributed by atoms with Crippen molar-refractivity contribution in [3.8, 4) is 11.3 Å². The van der Waals surface area contributed by atoms with Crippen LogP contribution in [0.25, 0.3) is 11.3 Å². The molecule has 5 heteroatoms. The van der Waals surface area contributed by atoms with Gasteiger partial charge >= 0.3 is 5.97 Å². The molecular weight excluding hydrogens is 218 g/mol. The van der Waals surface area contributed by atoms with Crippen LogP contribution < -0.4 is 5.73 Å². The Hall–Kier alpha value is -2.14. The van der Waals surface area contributed by atoms with Gasteiger partial charge in [0.15, 0.2) is 6.04 Å². The Kier molecular flexibility index (Phi) is 2.93. The van der Waals surface area contributed by atoms with Gasteiger partial charge in [0.2, 0.25) is 0 Å². The molecule has 0 aliphatic heterocycles. The summed E-state index contributed by atoms with van der Waals surface area (Å²) < 4.78 is 0. The fourth-order valence-electron chi connectivity index (χ4n) is 1.62. The first kappa shape index (κ1) is 11.3. The van der Waals surface area contributed by atoms with Crippen molar-refractivity contribution in [2.75, 3.05) is 0 Å². The van der Waals surface area contributed by atoms with Crippen LogP contribution in [-0.4, -0.2) is 21.0 Å². The minimum atomic E-state index is -1.12. The third-order valence-corrected chi connectivity index (χ3v) is 2.59. The second-order valence-corrected chi connectivity index (χ2v) is 3.81. The van der Waals surface area contributed by atoms with E-state index in [1.165, 1.54) is 0 Å². The number of nitrogens with two attached hydrogens (primary N) is 1. The summed E-state index contributed by atoms with van der Waals surface area (Å²) in [7, 11) is 0. The molecule has 0 saturated carbocycles. The predicted molar refractivity (Wildman–Crippen MR) is 63.3 cm³/mol. The van der Waals surface area contributed by atoms with Crippen molar-refractivity contribution in [1.82, 2.24) is 9.97 Å². The second kappa shape index (κ2) is 4.39. The largest absolute Gasteiger partial charge is 0.480 e. The van der Waals surface area contributed by atoms with Crippen LogP contribution >= 0.6 is 0 Å². The number of H-pyrrole nitrogens is 1. The molecule has 4 N–H and O–H groups in total. The summed E-state index contributed by atoms with van der Waals surface area (Å²) in [5.41, 5.74) is 8.33. The Morgan fingerprint density at radius 2 is 2.18 bits per heavy atom. The molecule has 5 nitrogen and oxygen atoms in total. The average Bonchev–Trinajstić information content (AvgIpc) is 2.77. The van der Waals surface area contributed by atoms with Crippen LogP contribution in [0.1, 0.15) is 17.4 Å². The lowest BCUT2D eigenvalue weighted by Crippen LogP contribution is -2.21. The maximum Gasteiger partial charge on any atom is 0.328 e. The standard InChI is InChI=1S/C12H13N3O2/c1-7-4-2-3-5-8(7)9-6-14-11(15-9)10(13)12(16)17/h2-6,10H,13H2,1H3,(H,14,15)(H,16,17). The molecule has 0 fully saturated rings. The Labute approximate surface area is 98.3 Å². The number of carboxylic acids is 1. The molecule has 17 heavy (non-hydrogen) atoms. The molecule has 88 valence electrons. The molecule has 1 aromatic carbocycles. The fraction of sp³-hybridized carbons (Fsp3) is 0.167. The van der Waals surface area contributed by atoms with Gasteiger partial charge in [-0.15, -0.1) is 0 Å². The predicted octanol–water partition coefficient (Wildman–Crippen LogP) is 1.47. The number of nitrogens with one attached hydrogen (secondary N) is 1. The third kappa shape index (κ3) is 2.19. The topological polar surface area (TPSA) is 92.0 Å². The van der Waals surface area contributed by atoms with Crippen LogP contribution in [0.15, 0.2) is 30.5 Å². The van der Waals surface area contributed by atoms with Crippen molar-refractivity contribution in [2.24, 2.45) is 5.73 Å². The number of imidazole rings is 1. The van der Waals surface area contributed by atoms with Crippen molar-refractivity contribution < 1.29 is 9.90 Å². The highest BCUT2D eigenvalue weighted by molar-refractivity contribution is 5.74. The Bertz CT molecular complexity index is 548. The van der Waals surface area contributed by atoms with E-state index in [1.54, 1.807) is 6.20 Å². The Balaban J connectivity index is 2.37. The minimum absolute atomic E-state index is 0.260. The van der Waals surface area contributed by atoms with E-state index < -0.39 is 12.0 Å². The lowest BCUT2D eigenvalue weighted by atomic mass is 10.1. The molecular formula is C12H13N3O2. The molecule has 0 radical (unpaired) electrons. The number of nitrogens with zero attached hydrogens (tertiary/aromatic N) is 1. The lowest BCUT2D eigenvalue weighted by Gasteiger charge is -2.03. The van der Waals surface area contributed by atoms with E-state index in [1.807, 2.05) is 31.2 Å². The van der Waals surface area contributed by atoms with Gasteiger partial charge in [0.1, 0.15) is 5.82 Å². The van der Waals surface area contributed by atoms with E-state index in [2.05, 4.69) is 9.97 Å². The van der Waals surface area contributed by atoms with E-state index in [4.69, 9.17) is 10.8 Å². The van der Waals surface area contributed by atoms with Gasteiger partial charge in [-0.05, 0) is 12.5 Å². The van der Waals surface area contributed by atoms with Crippen molar-refractivity contribution in [3.63, 3.8) is 0 Å². The van der Waals surface area contributed by atoms with E-state index in [0.29, 0.717) is 0 Å². The van der Waals surface area contributed by atoms with Gasteiger partial charge in [-0.3, -0.25) is 4.79 Å². The summed E-state index contributed by atoms with van der Waals surface area (Å²) in [5, 5.41) is 8.78. The van der Waals surface area contributed by atoms with Crippen molar-refractivity contribution >= 4 is 5.97 Å². The normalized spacial score (nSPS) is 12.4. The highest BCUT2D eigenvalue weighted by Crippen LogP contribution is 2.22. The van der Waals surface area contributed by atoms with Crippen LogP contribution in [-0.2, 0) is 4.79 Å². The first-order valence-electron chi connectivity index (χ1n) is 5.19. The van der Waals surface area contributed by atoms with Gasteiger partial charge in [-0.1, -0.05) is 24.3 Å². The number of aromatic nitrogens is 2. The van der Waals surface area contributed by atoms with Gasteiger partial charge in [0, 0.05) is 5.56 Å². The number of carboxylic acid groups (broad SMARTS) is 1. The van der Waals surface area contributed by atoms with Gasteiger partial charge in [0.25, 0.3) is 0 Å². The quantitative estimate of drug-likeness (QED) is 0.745. The van der Waals surface area contributed by atoms with Crippen LogP contribution in [0.5, 0.6) is 0 Å². The number of carbonyl (C=O) groups is 1. The summed E-state index contributed by atoms with van der Waals surface area (Å²) in [4.78, 5) is 17.7. The number of hydrogen-bond acceptors (Lipinski definition) is 3. The van der Waals surface area contributed by atoms with E-state index >= 15 is 0 Å². The summed E-state index contributed by atoms with van der Waals surface area (Å²) in [6.07, 6.45) is 1.60. The number of hydrogen-bond donors (Lipinski definition) is 3. The molecule has 0 bridgehead atoms. The van der Waals surface area contributed by atoms with Gasteiger partial charge in [-0.25, -0.2) is 4.98 Å². The molecule has 2 rings (SSSR count). The van der Waals surface area contributed by atoms with E-state index in [9.17, 15) is 4.79 Å². The number of benzene rings is 1. The summed E-state index contributed by atoms with van der Waals surface area (Å²) in [6.45, 7) is 1.98. The average molecular weight is 231 g/mol. The minimum Gasteiger partial charge on any atom is -0.480 e. The number of rotatable bonds is 3. The maximum atomic E-state index is 10.7. The zero-order valence-electron chi connectivity index (χ0n) is 9.34. The molecule has 1 heterocycles. The second-order valence-electron chi connectivity index (χ2n) is 3.81. The molecule has 0 amide bonds. The molecule has 1 aromatic heterocycles. The Morgan fingerprint density at radius 1 is 1.47 bits per heavy atom. The van der Waals surface area contributed by atoms with Gasteiger partial charge < -0.3 is 15.8 Å². The first-order chi connectivity index (χ1) is 8.09. The van der Waals surface area contributed by atoms with Crippen molar-refractivity contribution in [2.45, 2.75) is 13.0 Å². The van der Waals surface area contributed by atoms with Crippen molar-refractivity contribution in [1.29, 1.82) is 0 Å². The van der Waals surface area contributed by atoms with Gasteiger partial charge in [0.05, 0.1) is 11.9 Å². The molecule has 1 atom stereocenters. The first-order valence-corrected chi connectivity index (χ1v) is 5.19. The zero-order chi connectivity index (χ0) is 12.4. The SMILES string of the molecule is Cc1ccccc1-c1cnc(C(N)C(=O)O)[nH]1. The van der Waals surface area contributed by atoms with Crippen molar-refractivity contribution in [3.05, 3.63) is 41.9 Å². The van der Waals surface area contributed by atoms with Crippen LogP contribution in [0.4, 0.5) is 0 Å². The van der Waals surface area contributed by atoms with Crippen LogP contribution in [0, 0.1) is 6.92 Å². The fourth-order valence-corrected chi connectivity index (χ4v) is 1.62. The van der Waals surface area contributed by atoms with Gasteiger partial charge in [-0.2, -0.15) is 0 Å². The maximum absolute atomic E-state index is 10.7.